The highest BCUT2D eigenvalue weighted by atomic mass is 35.5. The van der Waals surface area contributed by atoms with Crippen molar-refractivity contribution >= 4 is 40.5 Å². The van der Waals surface area contributed by atoms with Gasteiger partial charge in [0.1, 0.15) is 5.82 Å². The summed E-state index contributed by atoms with van der Waals surface area (Å²) in [4.78, 5) is 11.9. The summed E-state index contributed by atoms with van der Waals surface area (Å²) in [5, 5.41) is 3.27. The third kappa shape index (κ3) is 4.34. The van der Waals surface area contributed by atoms with Crippen molar-refractivity contribution in [2.75, 3.05) is 11.1 Å². The Morgan fingerprint density at radius 2 is 1.71 bits per heavy atom. The van der Waals surface area contributed by atoms with Crippen LogP contribution in [-0.4, -0.2) is 5.91 Å². The second-order valence-corrected chi connectivity index (χ2v) is 5.34. The summed E-state index contributed by atoms with van der Waals surface area (Å²) in [6, 6.07) is 9.12. The molecular weight excluding hydrogens is 314 g/mol. The smallest absolute Gasteiger partial charge is 0.224 e. The van der Waals surface area contributed by atoms with Crippen molar-refractivity contribution in [2.24, 2.45) is 0 Å². The van der Waals surface area contributed by atoms with E-state index in [2.05, 4.69) is 5.32 Å². The molecule has 0 aliphatic carbocycles. The topological polar surface area (TPSA) is 55.1 Å². The number of nitrogens with two attached hydrogens (primary N) is 1. The Balaban J connectivity index is 1.94. The van der Waals surface area contributed by atoms with Crippen LogP contribution in [0.4, 0.5) is 15.8 Å². The Labute approximate surface area is 131 Å². The SMILES string of the molecule is Nc1c(Cl)cc(NC(=O)CCc2ccc(F)cc2)cc1Cl. The Morgan fingerprint density at radius 3 is 2.29 bits per heavy atom. The molecular formula is C15H13Cl2FN2O. The lowest BCUT2D eigenvalue weighted by atomic mass is 10.1. The van der Waals surface area contributed by atoms with Crippen LogP contribution in [0.2, 0.25) is 10.0 Å². The molecule has 21 heavy (non-hydrogen) atoms. The molecule has 2 rings (SSSR count). The van der Waals surface area contributed by atoms with Gasteiger partial charge >= 0.3 is 0 Å². The third-order valence-corrected chi connectivity index (χ3v) is 3.54. The lowest BCUT2D eigenvalue weighted by Crippen LogP contribution is -2.12. The number of hydrogen-bond acceptors (Lipinski definition) is 2. The normalized spacial score (nSPS) is 10.4. The summed E-state index contributed by atoms with van der Waals surface area (Å²) in [7, 11) is 0. The number of benzene rings is 2. The Kier molecular flexibility index (Phi) is 5.04. The summed E-state index contributed by atoms with van der Waals surface area (Å²) in [6.45, 7) is 0. The summed E-state index contributed by atoms with van der Waals surface area (Å²) in [5.41, 5.74) is 7.28. The fourth-order valence-corrected chi connectivity index (χ4v) is 2.28. The molecule has 0 saturated heterocycles. The van der Waals surface area contributed by atoms with Gasteiger partial charge in [-0.05, 0) is 36.2 Å². The van der Waals surface area contributed by atoms with Crippen molar-refractivity contribution in [3.63, 3.8) is 0 Å². The van der Waals surface area contributed by atoms with E-state index in [-0.39, 0.29) is 33.9 Å². The van der Waals surface area contributed by atoms with Gasteiger partial charge in [-0.1, -0.05) is 35.3 Å². The van der Waals surface area contributed by atoms with E-state index in [4.69, 9.17) is 28.9 Å². The summed E-state index contributed by atoms with van der Waals surface area (Å²) in [5.74, 6) is -0.481. The van der Waals surface area contributed by atoms with Crippen molar-refractivity contribution in [1.29, 1.82) is 0 Å². The molecule has 0 radical (unpaired) electrons. The first-order chi connectivity index (χ1) is 9.95. The number of halogens is 3. The molecule has 0 unspecified atom stereocenters. The van der Waals surface area contributed by atoms with E-state index in [1.807, 2.05) is 0 Å². The molecule has 110 valence electrons. The molecule has 0 saturated carbocycles. The third-order valence-electron chi connectivity index (χ3n) is 2.92. The molecule has 2 aromatic carbocycles. The maximum Gasteiger partial charge on any atom is 0.224 e. The van der Waals surface area contributed by atoms with Gasteiger partial charge in [0.05, 0.1) is 15.7 Å². The minimum absolute atomic E-state index is 0.184. The largest absolute Gasteiger partial charge is 0.396 e. The van der Waals surface area contributed by atoms with E-state index in [1.54, 1.807) is 24.3 Å². The molecule has 0 aliphatic rings. The Bertz CT molecular complexity index is 636. The molecule has 0 fully saturated rings. The number of rotatable bonds is 4. The zero-order valence-corrected chi connectivity index (χ0v) is 12.5. The average molecular weight is 327 g/mol. The van der Waals surface area contributed by atoms with Crippen molar-refractivity contribution in [1.82, 2.24) is 0 Å². The first-order valence-electron chi connectivity index (χ1n) is 6.24. The number of anilines is 2. The van der Waals surface area contributed by atoms with E-state index in [9.17, 15) is 9.18 Å². The van der Waals surface area contributed by atoms with Gasteiger partial charge < -0.3 is 11.1 Å². The zero-order chi connectivity index (χ0) is 15.4. The number of nitrogen functional groups attached to an aromatic ring is 1. The maximum absolute atomic E-state index is 12.8. The van der Waals surface area contributed by atoms with Crippen LogP contribution in [0.25, 0.3) is 0 Å². The van der Waals surface area contributed by atoms with Crippen LogP contribution in [0.1, 0.15) is 12.0 Å². The second kappa shape index (κ2) is 6.78. The molecule has 2 aromatic rings. The van der Waals surface area contributed by atoms with Crippen molar-refractivity contribution in [2.45, 2.75) is 12.8 Å². The van der Waals surface area contributed by atoms with Crippen molar-refractivity contribution in [3.05, 3.63) is 57.8 Å². The predicted octanol–water partition coefficient (Wildman–Crippen LogP) is 4.29. The molecule has 0 spiro atoms. The van der Waals surface area contributed by atoms with Crippen LogP contribution < -0.4 is 11.1 Å². The summed E-state index contributed by atoms with van der Waals surface area (Å²) >= 11 is 11.8. The number of nitrogens with one attached hydrogen (secondary N) is 1. The quantitative estimate of drug-likeness (QED) is 0.823. The standard InChI is InChI=1S/C15H13Cl2FN2O/c16-12-7-11(8-13(17)15(12)19)20-14(21)6-3-9-1-4-10(18)5-2-9/h1-2,4-5,7-8H,3,6,19H2,(H,20,21). The van der Waals surface area contributed by atoms with Gasteiger partial charge in [-0.3, -0.25) is 4.79 Å². The van der Waals surface area contributed by atoms with E-state index < -0.39 is 0 Å². The van der Waals surface area contributed by atoms with E-state index >= 15 is 0 Å². The molecule has 1 amide bonds. The molecule has 0 atom stereocenters. The van der Waals surface area contributed by atoms with Crippen LogP contribution in [0.3, 0.4) is 0 Å². The van der Waals surface area contributed by atoms with Crippen LogP contribution in [0.15, 0.2) is 36.4 Å². The minimum Gasteiger partial charge on any atom is -0.396 e. The zero-order valence-electron chi connectivity index (χ0n) is 11.0. The number of amides is 1. The van der Waals surface area contributed by atoms with Gasteiger partial charge in [-0.2, -0.15) is 0 Å². The van der Waals surface area contributed by atoms with Crippen LogP contribution in [0, 0.1) is 5.82 Å². The lowest BCUT2D eigenvalue weighted by Gasteiger charge is -2.08. The highest BCUT2D eigenvalue weighted by Crippen LogP contribution is 2.31. The van der Waals surface area contributed by atoms with Gasteiger partial charge in [0.15, 0.2) is 0 Å². The van der Waals surface area contributed by atoms with Crippen LogP contribution in [-0.2, 0) is 11.2 Å². The monoisotopic (exact) mass is 326 g/mol. The number of hydrogen-bond donors (Lipinski definition) is 2. The van der Waals surface area contributed by atoms with Gasteiger partial charge in [-0.25, -0.2) is 4.39 Å². The summed E-state index contributed by atoms with van der Waals surface area (Å²) in [6.07, 6.45) is 0.786. The summed E-state index contributed by atoms with van der Waals surface area (Å²) < 4.78 is 12.8. The first kappa shape index (κ1) is 15.6. The van der Waals surface area contributed by atoms with Gasteiger partial charge in [0.25, 0.3) is 0 Å². The fourth-order valence-electron chi connectivity index (χ4n) is 1.79. The van der Waals surface area contributed by atoms with Gasteiger partial charge in [0.2, 0.25) is 5.91 Å². The minimum atomic E-state index is -0.297. The maximum atomic E-state index is 12.8. The number of carbonyl (C=O) groups excluding carboxylic acids is 1. The molecule has 0 aliphatic heterocycles. The Hall–Kier alpha value is -1.78. The predicted molar refractivity (Wildman–Crippen MR) is 84.2 cm³/mol. The van der Waals surface area contributed by atoms with E-state index in [0.29, 0.717) is 12.1 Å². The van der Waals surface area contributed by atoms with Gasteiger partial charge in [0, 0.05) is 12.1 Å². The van der Waals surface area contributed by atoms with Crippen molar-refractivity contribution < 1.29 is 9.18 Å². The molecule has 0 aromatic heterocycles. The molecule has 3 nitrogen and oxygen atoms in total. The fraction of sp³-hybridized carbons (Fsp3) is 0.133. The van der Waals surface area contributed by atoms with Gasteiger partial charge in [-0.15, -0.1) is 0 Å². The Morgan fingerprint density at radius 1 is 1.14 bits per heavy atom. The second-order valence-electron chi connectivity index (χ2n) is 4.53. The molecule has 3 N–H and O–H groups in total. The molecule has 0 bridgehead atoms. The average Bonchev–Trinajstić information content (AvgIpc) is 2.44. The number of carbonyl (C=O) groups is 1. The molecule has 0 heterocycles. The highest BCUT2D eigenvalue weighted by Gasteiger charge is 2.08. The number of aryl methyl sites for hydroxylation is 1. The first-order valence-corrected chi connectivity index (χ1v) is 7.00. The van der Waals surface area contributed by atoms with Crippen LogP contribution >= 0.6 is 23.2 Å². The molecule has 6 heteroatoms. The lowest BCUT2D eigenvalue weighted by molar-refractivity contribution is -0.116. The van der Waals surface area contributed by atoms with E-state index in [0.717, 1.165) is 5.56 Å². The van der Waals surface area contributed by atoms with Crippen molar-refractivity contribution in [3.8, 4) is 0 Å². The van der Waals surface area contributed by atoms with Crippen LogP contribution in [0.5, 0.6) is 0 Å². The van der Waals surface area contributed by atoms with E-state index in [1.165, 1.54) is 12.1 Å². The highest BCUT2D eigenvalue weighted by molar-refractivity contribution is 6.39.